The van der Waals surface area contributed by atoms with Crippen molar-refractivity contribution in [2.24, 2.45) is 10.8 Å². The average Bonchev–Trinajstić information content (AvgIpc) is 2.69. The van der Waals surface area contributed by atoms with Gasteiger partial charge in [-0.2, -0.15) is 0 Å². The van der Waals surface area contributed by atoms with Gasteiger partial charge in [0.15, 0.2) is 0 Å². The van der Waals surface area contributed by atoms with E-state index < -0.39 is 47.1 Å². The molecule has 0 fully saturated rings. The molecule has 10 nitrogen and oxygen atoms in total. The van der Waals surface area contributed by atoms with E-state index in [0.717, 1.165) is 25.7 Å². The molecule has 0 rings (SSSR count). The summed E-state index contributed by atoms with van der Waals surface area (Å²) >= 11 is 0. The van der Waals surface area contributed by atoms with Gasteiger partial charge in [0.25, 0.3) is 5.41 Å². The lowest BCUT2D eigenvalue weighted by atomic mass is 9.60. The van der Waals surface area contributed by atoms with Gasteiger partial charge in [0.2, 0.25) is 5.41 Å². The van der Waals surface area contributed by atoms with Crippen molar-refractivity contribution in [3.05, 3.63) is 0 Å². The fourth-order valence-corrected chi connectivity index (χ4v) is 4.04. The molecule has 0 aromatic carbocycles. The summed E-state index contributed by atoms with van der Waals surface area (Å²) in [5, 5.41) is 46.9. The molecule has 0 bridgehead atoms. The number of carboxylic acid groups (broad SMARTS) is 5. The summed E-state index contributed by atoms with van der Waals surface area (Å²) in [6, 6.07) is 0. The molecule has 0 spiro atoms. The van der Waals surface area contributed by atoms with Crippen LogP contribution in [0.5, 0.6) is 0 Å². The Bertz CT molecular complexity index is 605. The van der Waals surface area contributed by atoms with E-state index in [2.05, 4.69) is 6.92 Å². The minimum atomic E-state index is -4.05. The van der Waals surface area contributed by atoms with Crippen molar-refractivity contribution in [3.8, 4) is 0 Å². The highest BCUT2D eigenvalue weighted by molar-refractivity contribution is 6.24. The molecule has 0 aromatic heterocycles. The number of aliphatic carboxylic acids is 5. The monoisotopic (exact) mass is 460 g/mol. The maximum Gasteiger partial charge on any atom is 0.334 e. The molecule has 0 aromatic rings. The van der Waals surface area contributed by atoms with E-state index >= 15 is 0 Å². The zero-order chi connectivity index (χ0) is 24.8. The number of carbonyl (C=O) groups is 5. The van der Waals surface area contributed by atoms with Crippen molar-refractivity contribution in [2.75, 3.05) is 0 Å². The lowest BCUT2D eigenvalue weighted by Gasteiger charge is -2.35. The standard InChI is InChI=1S/C22H36O10/c1-2-3-4-5-6-7-8-9-10-11-12-13-14-15-21(16(23)24,17(25)26)22(18(27)28,19(29)30)20(31)32/h2-15H2,1H3,(H,23,24)(H,25,26)(H,27,28)(H,29,30)(H,31,32). The van der Waals surface area contributed by atoms with E-state index in [4.69, 9.17) is 0 Å². The largest absolute Gasteiger partial charge is 0.480 e. The van der Waals surface area contributed by atoms with E-state index in [-0.39, 0.29) is 6.42 Å². The predicted molar refractivity (Wildman–Crippen MR) is 113 cm³/mol. The Labute approximate surface area is 187 Å². The lowest BCUT2D eigenvalue weighted by molar-refractivity contribution is -0.203. The fraction of sp³-hybridized carbons (Fsp3) is 0.773. The number of rotatable bonds is 20. The van der Waals surface area contributed by atoms with Gasteiger partial charge in [0.05, 0.1) is 0 Å². The van der Waals surface area contributed by atoms with Crippen LogP contribution in [0.25, 0.3) is 0 Å². The van der Waals surface area contributed by atoms with Crippen LogP contribution in [0, 0.1) is 10.8 Å². The number of carboxylic acids is 5. The van der Waals surface area contributed by atoms with Crippen LogP contribution in [-0.4, -0.2) is 55.4 Å². The molecule has 0 saturated heterocycles. The molecule has 184 valence electrons. The molecule has 0 aliphatic heterocycles. The first-order valence-corrected chi connectivity index (χ1v) is 11.2. The van der Waals surface area contributed by atoms with Gasteiger partial charge in [-0.3, -0.25) is 24.0 Å². The van der Waals surface area contributed by atoms with E-state index in [9.17, 15) is 49.5 Å². The maximum atomic E-state index is 11.8. The summed E-state index contributed by atoms with van der Waals surface area (Å²) in [5.41, 5.74) is -7.60. The first-order valence-electron chi connectivity index (χ1n) is 11.2. The van der Waals surface area contributed by atoms with E-state index in [0.29, 0.717) is 12.8 Å². The van der Waals surface area contributed by atoms with Crippen LogP contribution in [0.15, 0.2) is 0 Å². The molecule has 32 heavy (non-hydrogen) atoms. The third kappa shape index (κ3) is 6.93. The highest BCUT2D eigenvalue weighted by Gasteiger charge is 2.76. The summed E-state index contributed by atoms with van der Waals surface area (Å²) in [6.45, 7) is 2.17. The SMILES string of the molecule is CCCCCCCCCCCCCCCC(C(=O)O)(C(=O)O)C(C(=O)O)(C(=O)O)C(=O)O. The number of hydrogen-bond donors (Lipinski definition) is 5. The second kappa shape index (κ2) is 14.4. The zero-order valence-electron chi connectivity index (χ0n) is 18.7. The van der Waals surface area contributed by atoms with Crippen molar-refractivity contribution < 1.29 is 49.5 Å². The summed E-state index contributed by atoms with van der Waals surface area (Å²) in [4.78, 5) is 58.4. The van der Waals surface area contributed by atoms with Crippen LogP contribution in [0.1, 0.15) is 96.8 Å². The third-order valence-electron chi connectivity index (χ3n) is 5.99. The van der Waals surface area contributed by atoms with Gasteiger partial charge < -0.3 is 25.5 Å². The molecule has 10 heteroatoms. The van der Waals surface area contributed by atoms with E-state index in [1.807, 2.05) is 0 Å². The van der Waals surface area contributed by atoms with Gasteiger partial charge in [-0.05, 0) is 6.42 Å². The van der Waals surface area contributed by atoms with E-state index in [1.54, 1.807) is 0 Å². The van der Waals surface area contributed by atoms with Crippen LogP contribution in [0.2, 0.25) is 0 Å². The smallest absolute Gasteiger partial charge is 0.334 e. The van der Waals surface area contributed by atoms with Crippen LogP contribution in [0.4, 0.5) is 0 Å². The van der Waals surface area contributed by atoms with Crippen LogP contribution in [0.3, 0.4) is 0 Å². The Morgan fingerprint density at radius 3 is 1.00 bits per heavy atom. The topological polar surface area (TPSA) is 186 Å². The Morgan fingerprint density at radius 1 is 0.469 bits per heavy atom. The second-order valence-corrected chi connectivity index (χ2v) is 8.17. The highest BCUT2D eigenvalue weighted by atomic mass is 16.4. The van der Waals surface area contributed by atoms with Crippen LogP contribution >= 0.6 is 0 Å². The molecule has 0 unspecified atom stereocenters. The molecular formula is C22H36O10. The Kier molecular flexibility index (Phi) is 13.2. The molecule has 0 radical (unpaired) electrons. The molecule has 0 aliphatic carbocycles. The minimum Gasteiger partial charge on any atom is -0.480 e. The van der Waals surface area contributed by atoms with Crippen LogP contribution in [-0.2, 0) is 24.0 Å². The van der Waals surface area contributed by atoms with Gasteiger partial charge in [-0.1, -0.05) is 90.4 Å². The summed E-state index contributed by atoms with van der Waals surface area (Å²) in [7, 11) is 0. The summed E-state index contributed by atoms with van der Waals surface area (Å²) < 4.78 is 0. The molecule has 0 aliphatic rings. The van der Waals surface area contributed by atoms with Crippen molar-refractivity contribution in [2.45, 2.75) is 96.8 Å². The Hall–Kier alpha value is -2.65. The Morgan fingerprint density at radius 2 is 0.750 bits per heavy atom. The molecule has 5 N–H and O–H groups in total. The summed E-state index contributed by atoms with van der Waals surface area (Å²) in [5.74, 6) is -12.3. The predicted octanol–water partition coefficient (Wildman–Crippen LogP) is 3.86. The zero-order valence-corrected chi connectivity index (χ0v) is 18.7. The van der Waals surface area contributed by atoms with Crippen molar-refractivity contribution >= 4 is 29.8 Å². The van der Waals surface area contributed by atoms with Gasteiger partial charge >= 0.3 is 29.8 Å². The molecular weight excluding hydrogens is 424 g/mol. The van der Waals surface area contributed by atoms with Crippen molar-refractivity contribution in [3.63, 3.8) is 0 Å². The second-order valence-electron chi connectivity index (χ2n) is 8.17. The summed E-state index contributed by atoms with van der Waals surface area (Å²) in [6.07, 6.45) is 11.2. The van der Waals surface area contributed by atoms with Gasteiger partial charge in [-0.25, -0.2) is 0 Å². The van der Waals surface area contributed by atoms with Crippen molar-refractivity contribution in [1.29, 1.82) is 0 Å². The highest BCUT2D eigenvalue weighted by Crippen LogP contribution is 2.46. The van der Waals surface area contributed by atoms with Crippen molar-refractivity contribution in [1.82, 2.24) is 0 Å². The molecule has 0 atom stereocenters. The molecule has 0 amide bonds. The fourth-order valence-electron chi connectivity index (χ4n) is 4.04. The molecule has 0 heterocycles. The number of hydrogen-bond acceptors (Lipinski definition) is 5. The lowest BCUT2D eigenvalue weighted by Crippen LogP contribution is -2.65. The van der Waals surface area contributed by atoms with Crippen LogP contribution < -0.4 is 0 Å². The number of unbranched alkanes of at least 4 members (excludes halogenated alkanes) is 12. The first kappa shape index (κ1) is 29.4. The molecule has 0 saturated carbocycles. The Balaban J connectivity index is 4.83. The first-order chi connectivity index (χ1) is 15.0. The third-order valence-corrected chi connectivity index (χ3v) is 5.99. The quantitative estimate of drug-likeness (QED) is 0.132. The maximum absolute atomic E-state index is 11.8. The average molecular weight is 461 g/mol. The minimum absolute atomic E-state index is 0.133. The van der Waals surface area contributed by atoms with Gasteiger partial charge in [0, 0.05) is 0 Å². The van der Waals surface area contributed by atoms with Gasteiger partial charge in [-0.15, -0.1) is 0 Å². The van der Waals surface area contributed by atoms with E-state index in [1.165, 1.54) is 38.5 Å². The normalized spacial score (nSPS) is 11.8. The van der Waals surface area contributed by atoms with Gasteiger partial charge in [0.1, 0.15) is 0 Å².